The lowest BCUT2D eigenvalue weighted by molar-refractivity contribution is 0.0973. The van der Waals surface area contributed by atoms with Gasteiger partial charge in [-0.3, -0.25) is 4.79 Å². The number of likely N-dealkylation sites (tertiary alicyclic amines) is 1. The second-order valence-electron chi connectivity index (χ2n) is 4.59. The zero-order valence-corrected chi connectivity index (χ0v) is 10.1. The molecule has 1 aromatic carbocycles. The fourth-order valence-corrected chi connectivity index (χ4v) is 2.31. The van der Waals surface area contributed by atoms with Gasteiger partial charge >= 0.3 is 0 Å². The Labute approximate surface area is 102 Å². The highest BCUT2D eigenvalue weighted by molar-refractivity contribution is 5.98. The molecule has 1 fully saturated rings. The highest BCUT2D eigenvalue weighted by Crippen LogP contribution is 2.18. The van der Waals surface area contributed by atoms with E-state index in [0.717, 1.165) is 13.0 Å². The molecule has 0 unspecified atom stereocenters. The molecule has 3 nitrogen and oxygen atoms in total. The number of carbonyl (C=O) groups excluding carboxylic acids is 1. The maximum atomic E-state index is 11.9. The highest BCUT2D eigenvalue weighted by Gasteiger charge is 2.13. The predicted molar refractivity (Wildman–Crippen MR) is 67.3 cm³/mol. The van der Waals surface area contributed by atoms with Crippen LogP contribution in [0.3, 0.4) is 0 Å². The summed E-state index contributed by atoms with van der Waals surface area (Å²) in [5.41, 5.74) is 0.453. The number of phenols is 1. The number of nitrogens with zero attached hydrogens (tertiary/aromatic N) is 1. The van der Waals surface area contributed by atoms with Gasteiger partial charge in [0.1, 0.15) is 5.75 Å². The van der Waals surface area contributed by atoms with Gasteiger partial charge in [0, 0.05) is 6.42 Å². The highest BCUT2D eigenvalue weighted by atomic mass is 16.3. The molecule has 1 N–H and O–H groups in total. The Bertz CT molecular complexity index is 384. The summed E-state index contributed by atoms with van der Waals surface area (Å²) in [6.07, 6.45) is 3.97. The van der Waals surface area contributed by atoms with Gasteiger partial charge in [-0.15, -0.1) is 0 Å². The van der Waals surface area contributed by atoms with Gasteiger partial charge < -0.3 is 10.0 Å². The summed E-state index contributed by atoms with van der Waals surface area (Å²) in [6, 6.07) is 6.77. The fraction of sp³-hybridized carbons (Fsp3) is 0.500. The molecule has 92 valence electrons. The second kappa shape index (κ2) is 5.82. The SMILES string of the molecule is O=C(CCCN1CCCC1)c1ccccc1O. The number of benzene rings is 1. The minimum atomic E-state index is 0.0438. The van der Waals surface area contributed by atoms with Crippen molar-refractivity contribution in [3.63, 3.8) is 0 Å². The third kappa shape index (κ3) is 3.30. The first-order valence-corrected chi connectivity index (χ1v) is 6.31. The topological polar surface area (TPSA) is 40.5 Å². The van der Waals surface area contributed by atoms with E-state index < -0.39 is 0 Å². The van der Waals surface area contributed by atoms with Crippen molar-refractivity contribution in [2.45, 2.75) is 25.7 Å². The number of para-hydroxylation sites is 1. The Balaban J connectivity index is 1.79. The maximum absolute atomic E-state index is 11.9. The summed E-state index contributed by atoms with van der Waals surface area (Å²) in [4.78, 5) is 14.3. The number of hydrogen-bond donors (Lipinski definition) is 1. The standard InChI is InChI=1S/C14H19NO2/c16-13-7-2-1-6-12(13)14(17)8-5-11-15-9-3-4-10-15/h1-2,6-7,16H,3-5,8-11H2. The molecule has 1 aromatic rings. The number of aromatic hydroxyl groups is 1. The summed E-state index contributed by atoms with van der Waals surface area (Å²) in [5.74, 6) is 0.140. The van der Waals surface area contributed by atoms with Crippen LogP contribution in [0.25, 0.3) is 0 Å². The van der Waals surface area contributed by atoms with E-state index in [1.165, 1.54) is 25.9 Å². The van der Waals surface area contributed by atoms with E-state index in [0.29, 0.717) is 12.0 Å². The van der Waals surface area contributed by atoms with E-state index in [-0.39, 0.29) is 11.5 Å². The van der Waals surface area contributed by atoms with Gasteiger partial charge in [0.2, 0.25) is 0 Å². The molecule has 0 spiro atoms. The maximum Gasteiger partial charge on any atom is 0.166 e. The van der Waals surface area contributed by atoms with Crippen LogP contribution < -0.4 is 0 Å². The quantitative estimate of drug-likeness (QED) is 0.794. The van der Waals surface area contributed by atoms with Crippen LogP contribution in [0.4, 0.5) is 0 Å². The van der Waals surface area contributed by atoms with Crippen LogP contribution >= 0.6 is 0 Å². The molecule has 0 amide bonds. The Morgan fingerprint density at radius 3 is 2.65 bits per heavy atom. The van der Waals surface area contributed by atoms with Crippen LogP contribution in [-0.2, 0) is 0 Å². The number of Topliss-reactive ketones (excluding diaryl/α,β-unsaturated/α-hetero) is 1. The summed E-state index contributed by atoms with van der Waals surface area (Å²) in [7, 11) is 0. The van der Waals surface area contributed by atoms with Crippen LogP contribution in [0.1, 0.15) is 36.0 Å². The molecule has 17 heavy (non-hydrogen) atoms. The molecule has 0 saturated carbocycles. The van der Waals surface area contributed by atoms with Crippen molar-refractivity contribution in [1.82, 2.24) is 4.90 Å². The first-order chi connectivity index (χ1) is 8.27. The van der Waals surface area contributed by atoms with E-state index in [1.807, 2.05) is 0 Å². The number of hydrogen-bond acceptors (Lipinski definition) is 3. The van der Waals surface area contributed by atoms with E-state index in [4.69, 9.17) is 0 Å². The Morgan fingerprint density at radius 1 is 1.24 bits per heavy atom. The van der Waals surface area contributed by atoms with Crippen molar-refractivity contribution in [2.75, 3.05) is 19.6 Å². The molecular weight excluding hydrogens is 214 g/mol. The van der Waals surface area contributed by atoms with Crippen molar-refractivity contribution in [3.05, 3.63) is 29.8 Å². The second-order valence-corrected chi connectivity index (χ2v) is 4.59. The third-order valence-corrected chi connectivity index (χ3v) is 3.28. The van der Waals surface area contributed by atoms with E-state index in [9.17, 15) is 9.90 Å². The molecule has 0 aliphatic carbocycles. The van der Waals surface area contributed by atoms with Crippen LogP contribution in [0, 0.1) is 0 Å². The third-order valence-electron chi connectivity index (χ3n) is 3.28. The monoisotopic (exact) mass is 233 g/mol. The van der Waals surface area contributed by atoms with Crippen molar-refractivity contribution in [3.8, 4) is 5.75 Å². The van der Waals surface area contributed by atoms with Crippen molar-refractivity contribution < 1.29 is 9.90 Å². The minimum Gasteiger partial charge on any atom is -0.507 e. The van der Waals surface area contributed by atoms with Crippen molar-refractivity contribution in [1.29, 1.82) is 0 Å². The molecule has 1 saturated heterocycles. The van der Waals surface area contributed by atoms with E-state index in [1.54, 1.807) is 24.3 Å². The summed E-state index contributed by atoms with van der Waals surface area (Å²) in [5, 5.41) is 9.56. The molecule has 3 heteroatoms. The lowest BCUT2D eigenvalue weighted by Gasteiger charge is -2.13. The summed E-state index contributed by atoms with van der Waals surface area (Å²) in [6.45, 7) is 3.34. The fourth-order valence-electron chi connectivity index (χ4n) is 2.31. The molecule has 0 bridgehead atoms. The normalized spacial score (nSPS) is 16.2. The van der Waals surface area contributed by atoms with Gasteiger partial charge in [-0.05, 0) is 51.0 Å². The Morgan fingerprint density at radius 2 is 1.94 bits per heavy atom. The summed E-state index contributed by atoms with van der Waals surface area (Å²) < 4.78 is 0. The van der Waals surface area contributed by atoms with E-state index >= 15 is 0 Å². The molecule has 0 radical (unpaired) electrons. The number of ketones is 1. The van der Waals surface area contributed by atoms with Crippen LogP contribution in [0.15, 0.2) is 24.3 Å². The van der Waals surface area contributed by atoms with Gasteiger partial charge in [0.05, 0.1) is 5.56 Å². The molecule has 1 aliphatic heterocycles. The predicted octanol–water partition coefficient (Wildman–Crippen LogP) is 2.45. The van der Waals surface area contributed by atoms with E-state index in [2.05, 4.69) is 4.90 Å². The lowest BCUT2D eigenvalue weighted by Crippen LogP contribution is -2.21. The first-order valence-electron chi connectivity index (χ1n) is 6.31. The average molecular weight is 233 g/mol. The van der Waals surface area contributed by atoms with Gasteiger partial charge in [-0.25, -0.2) is 0 Å². The van der Waals surface area contributed by atoms with Gasteiger partial charge in [0.15, 0.2) is 5.78 Å². The van der Waals surface area contributed by atoms with Crippen LogP contribution in [0.5, 0.6) is 5.75 Å². The molecule has 0 aromatic heterocycles. The smallest absolute Gasteiger partial charge is 0.166 e. The minimum absolute atomic E-state index is 0.0438. The van der Waals surface area contributed by atoms with Crippen LogP contribution in [-0.4, -0.2) is 35.4 Å². The van der Waals surface area contributed by atoms with Crippen LogP contribution in [0.2, 0.25) is 0 Å². The number of phenolic OH excluding ortho intramolecular Hbond substituents is 1. The van der Waals surface area contributed by atoms with Gasteiger partial charge in [-0.2, -0.15) is 0 Å². The first kappa shape index (κ1) is 12.1. The number of carbonyl (C=O) groups is 1. The van der Waals surface area contributed by atoms with Gasteiger partial charge in [-0.1, -0.05) is 12.1 Å². The molecule has 1 heterocycles. The molecule has 1 aliphatic rings. The number of rotatable bonds is 5. The molecule has 0 atom stereocenters. The average Bonchev–Trinajstić information content (AvgIpc) is 2.82. The van der Waals surface area contributed by atoms with Crippen molar-refractivity contribution in [2.24, 2.45) is 0 Å². The molecular formula is C14H19NO2. The zero-order chi connectivity index (χ0) is 12.1. The largest absolute Gasteiger partial charge is 0.507 e. The van der Waals surface area contributed by atoms with Crippen molar-refractivity contribution >= 4 is 5.78 Å². The summed E-state index contributed by atoms with van der Waals surface area (Å²) >= 11 is 0. The van der Waals surface area contributed by atoms with Gasteiger partial charge in [0.25, 0.3) is 0 Å². The lowest BCUT2D eigenvalue weighted by atomic mass is 10.1. The molecule has 2 rings (SSSR count). The Kier molecular flexibility index (Phi) is 4.15. The Hall–Kier alpha value is -1.35. The zero-order valence-electron chi connectivity index (χ0n) is 10.1.